The molecule has 0 unspecified atom stereocenters. The number of hydrogen-bond donors (Lipinski definition) is 0. The summed E-state index contributed by atoms with van der Waals surface area (Å²) in [5.74, 6) is 0. The van der Waals surface area contributed by atoms with E-state index in [0.29, 0.717) is 16.7 Å². The molecule has 0 spiro atoms. The molecule has 0 fully saturated rings. The van der Waals surface area contributed by atoms with Crippen molar-refractivity contribution in [1.29, 1.82) is 0 Å². The zero-order valence-corrected chi connectivity index (χ0v) is 11.2. The van der Waals surface area contributed by atoms with Crippen molar-refractivity contribution in [2.24, 2.45) is 0 Å². The Labute approximate surface area is 124 Å². The summed E-state index contributed by atoms with van der Waals surface area (Å²) in [4.78, 5) is 11.7. The molecule has 3 rings (SSSR count). The summed E-state index contributed by atoms with van der Waals surface area (Å²) in [7, 11) is 0. The first kappa shape index (κ1) is 14.2. The molecule has 0 atom stereocenters. The normalized spacial score (nSPS) is 11.4. The SMILES string of the molecule is FC(F)(F)c1cc(-c2ccncc2)cnc1-c1ccncc1. The molecular formula is C16H10F3N3. The monoisotopic (exact) mass is 301 g/mol. The van der Waals surface area contributed by atoms with Crippen LogP contribution in [0.5, 0.6) is 0 Å². The van der Waals surface area contributed by atoms with E-state index in [0.717, 1.165) is 6.07 Å². The van der Waals surface area contributed by atoms with Crippen LogP contribution in [0.1, 0.15) is 5.56 Å². The number of hydrogen-bond acceptors (Lipinski definition) is 3. The largest absolute Gasteiger partial charge is 0.418 e. The Morgan fingerprint density at radius 2 is 1.27 bits per heavy atom. The van der Waals surface area contributed by atoms with Gasteiger partial charge in [-0.3, -0.25) is 15.0 Å². The summed E-state index contributed by atoms with van der Waals surface area (Å²) in [6.07, 6.45) is 2.87. The number of rotatable bonds is 2. The highest BCUT2D eigenvalue weighted by Gasteiger charge is 2.35. The van der Waals surface area contributed by atoms with E-state index in [2.05, 4.69) is 15.0 Å². The van der Waals surface area contributed by atoms with Crippen LogP contribution in [0.2, 0.25) is 0 Å². The van der Waals surface area contributed by atoms with Gasteiger partial charge in [-0.1, -0.05) is 0 Å². The van der Waals surface area contributed by atoms with E-state index in [-0.39, 0.29) is 5.69 Å². The fraction of sp³-hybridized carbons (Fsp3) is 0.0625. The lowest BCUT2D eigenvalue weighted by atomic mass is 10.0. The maximum atomic E-state index is 13.4. The summed E-state index contributed by atoms with van der Waals surface area (Å²) in [5, 5.41) is 0. The number of halogens is 3. The van der Waals surface area contributed by atoms with E-state index in [4.69, 9.17) is 0 Å². The van der Waals surface area contributed by atoms with Crippen molar-refractivity contribution in [3.8, 4) is 22.4 Å². The second-order valence-electron chi connectivity index (χ2n) is 4.59. The third-order valence-electron chi connectivity index (χ3n) is 3.16. The Hall–Kier alpha value is -2.76. The Bertz CT molecular complexity index is 772. The molecule has 22 heavy (non-hydrogen) atoms. The van der Waals surface area contributed by atoms with Crippen molar-refractivity contribution in [2.75, 3.05) is 0 Å². The van der Waals surface area contributed by atoms with Crippen LogP contribution >= 0.6 is 0 Å². The van der Waals surface area contributed by atoms with Gasteiger partial charge in [0.1, 0.15) is 0 Å². The van der Waals surface area contributed by atoms with Gasteiger partial charge in [0.2, 0.25) is 0 Å². The van der Waals surface area contributed by atoms with E-state index < -0.39 is 11.7 Å². The Morgan fingerprint density at radius 1 is 0.727 bits per heavy atom. The molecule has 0 amide bonds. The van der Waals surface area contributed by atoms with E-state index in [1.807, 2.05) is 0 Å². The van der Waals surface area contributed by atoms with Crippen molar-refractivity contribution in [3.05, 3.63) is 66.9 Å². The van der Waals surface area contributed by atoms with Gasteiger partial charge in [0.15, 0.2) is 0 Å². The van der Waals surface area contributed by atoms with Crippen molar-refractivity contribution >= 4 is 0 Å². The molecule has 3 heterocycles. The molecular weight excluding hydrogens is 291 g/mol. The molecule has 0 aliphatic carbocycles. The first-order valence-electron chi connectivity index (χ1n) is 6.44. The Morgan fingerprint density at radius 3 is 1.82 bits per heavy atom. The van der Waals surface area contributed by atoms with Gasteiger partial charge in [-0.2, -0.15) is 13.2 Å². The summed E-state index contributed by atoms with van der Waals surface area (Å²) in [6, 6.07) is 7.40. The molecule has 0 saturated heterocycles. The van der Waals surface area contributed by atoms with Gasteiger partial charge in [0.05, 0.1) is 11.3 Å². The second-order valence-corrected chi connectivity index (χ2v) is 4.59. The van der Waals surface area contributed by atoms with E-state index in [1.165, 1.54) is 43.1 Å². The molecule has 6 heteroatoms. The van der Waals surface area contributed by atoms with Gasteiger partial charge in [0.25, 0.3) is 0 Å². The summed E-state index contributed by atoms with van der Waals surface area (Å²) < 4.78 is 40.1. The minimum atomic E-state index is -4.49. The zero-order valence-electron chi connectivity index (χ0n) is 11.2. The molecule has 0 N–H and O–H groups in total. The van der Waals surface area contributed by atoms with Gasteiger partial charge < -0.3 is 0 Å². The molecule has 0 aliphatic heterocycles. The van der Waals surface area contributed by atoms with Crippen molar-refractivity contribution < 1.29 is 13.2 Å². The van der Waals surface area contributed by atoms with E-state index in [9.17, 15) is 13.2 Å². The topological polar surface area (TPSA) is 38.7 Å². The number of nitrogens with zero attached hydrogens (tertiary/aromatic N) is 3. The van der Waals surface area contributed by atoms with Gasteiger partial charge in [-0.05, 0) is 35.9 Å². The molecule has 0 radical (unpaired) electrons. The quantitative estimate of drug-likeness (QED) is 0.711. The lowest BCUT2D eigenvalue weighted by Crippen LogP contribution is -2.09. The lowest BCUT2D eigenvalue weighted by molar-refractivity contribution is -0.137. The lowest BCUT2D eigenvalue weighted by Gasteiger charge is -2.14. The molecule has 0 bridgehead atoms. The summed E-state index contributed by atoms with van der Waals surface area (Å²) in [5.41, 5.74) is 0.533. The van der Waals surface area contributed by atoms with E-state index >= 15 is 0 Å². The predicted octanol–water partition coefficient (Wildman–Crippen LogP) is 4.22. The highest BCUT2D eigenvalue weighted by molar-refractivity contribution is 5.70. The van der Waals surface area contributed by atoms with Crippen LogP contribution in [-0.2, 0) is 6.18 Å². The smallest absolute Gasteiger partial charge is 0.265 e. The maximum Gasteiger partial charge on any atom is 0.418 e. The third kappa shape index (κ3) is 2.81. The predicted molar refractivity (Wildman–Crippen MR) is 75.7 cm³/mol. The van der Waals surface area contributed by atoms with Crippen molar-refractivity contribution in [2.45, 2.75) is 6.18 Å². The van der Waals surface area contributed by atoms with Crippen LogP contribution in [0.15, 0.2) is 61.3 Å². The molecule has 0 aliphatic rings. The molecule has 3 nitrogen and oxygen atoms in total. The third-order valence-corrected chi connectivity index (χ3v) is 3.16. The van der Waals surface area contributed by atoms with Crippen LogP contribution in [0.25, 0.3) is 22.4 Å². The Kier molecular flexibility index (Phi) is 3.58. The highest BCUT2D eigenvalue weighted by Crippen LogP contribution is 2.37. The highest BCUT2D eigenvalue weighted by atomic mass is 19.4. The minimum absolute atomic E-state index is 0.104. The van der Waals surface area contributed by atoms with Gasteiger partial charge >= 0.3 is 6.18 Å². The van der Waals surface area contributed by atoms with Gasteiger partial charge in [-0.15, -0.1) is 0 Å². The molecule has 0 saturated carbocycles. The minimum Gasteiger partial charge on any atom is -0.265 e. The summed E-state index contributed by atoms with van der Waals surface area (Å²) in [6.45, 7) is 0. The average Bonchev–Trinajstić information content (AvgIpc) is 2.55. The van der Waals surface area contributed by atoms with Crippen LogP contribution in [-0.4, -0.2) is 15.0 Å². The summed E-state index contributed by atoms with van der Waals surface area (Å²) >= 11 is 0. The van der Waals surface area contributed by atoms with Gasteiger partial charge in [0, 0.05) is 42.1 Å². The second kappa shape index (κ2) is 5.55. The van der Waals surface area contributed by atoms with Crippen LogP contribution < -0.4 is 0 Å². The zero-order chi connectivity index (χ0) is 15.6. The number of alkyl halides is 3. The number of pyridine rings is 3. The molecule has 110 valence electrons. The first-order chi connectivity index (χ1) is 10.6. The van der Waals surface area contributed by atoms with Gasteiger partial charge in [-0.25, -0.2) is 0 Å². The van der Waals surface area contributed by atoms with Crippen LogP contribution in [0, 0.1) is 0 Å². The average molecular weight is 301 g/mol. The van der Waals surface area contributed by atoms with Crippen molar-refractivity contribution in [3.63, 3.8) is 0 Å². The Balaban J connectivity index is 2.17. The molecule has 3 aromatic rings. The van der Waals surface area contributed by atoms with Crippen LogP contribution in [0.4, 0.5) is 13.2 Å². The number of aromatic nitrogens is 3. The van der Waals surface area contributed by atoms with Crippen LogP contribution in [0.3, 0.4) is 0 Å². The van der Waals surface area contributed by atoms with Crippen molar-refractivity contribution in [1.82, 2.24) is 15.0 Å². The fourth-order valence-corrected chi connectivity index (χ4v) is 2.12. The molecule has 0 aromatic carbocycles. The maximum absolute atomic E-state index is 13.4. The van der Waals surface area contributed by atoms with E-state index in [1.54, 1.807) is 12.1 Å². The first-order valence-corrected chi connectivity index (χ1v) is 6.44. The standard InChI is InChI=1S/C16H10F3N3/c17-16(18,19)14-9-13(11-1-5-20-6-2-11)10-22-15(14)12-3-7-21-8-4-12/h1-10H. The molecule has 3 aromatic heterocycles. The fourth-order valence-electron chi connectivity index (χ4n) is 2.12.